The van der Waals surface area contributed by atoms with Crippen molar-refractivity contribution in [2.24, 2.45) is 0 Å². The molecule has 0 radical (unpaired) electrons. The summed E-state index contributed by atoms with van der Waals surface area (Å²) in [4.78, 5) is 0. The third-order valence-electron chi connectivity index (χ3n) is 9.38. The Bertz CT molecular complexity index is 1420. The molecule has 2 aliphatic carbocycles. The predicted molar refractivity (Wildman–Crippen MR) is 171 cm³/mol. The largest absolute Gasteiger partial charge is 0.147 e. The van der Waals surface area contributed by atoms with Gasteiger partial charge in [0.2, 0.25) is 0 Å². The van der Waals surface area contributed by atoms with Gasteiger partial charge in [-0.05, 0) is 0 Å². The van der Waals surface area contributed by atoms with Crippen molar-refractivity contribution < 1.29 is 17.4 Å². The van der Waals surface area contributed by atoms with Crippen LogP contribution in [0.2, 0.25) is 8.26 Å². The van der Waals surface area contributed by atoms with Crippen LogP contribution in [0.5, 0.6) is 0 Å². The Hall–Kier alpha value is -1.44. The second-order valence-electron chi connectivity index (χ2n) is 11.5. The quantitative estimate of drug-likeness (QED) is 0.147. The molecule has 4 aromatic carbocycles. The van der Waals surface area contributed by atoms with Gasteiger partial charge >= 0.3 is 221 Å². The van der Waals surface area contributed by atoms with Crippen molar-refractivity contribution in [3.63, 3.8) is 0 Å². The molecule has 0 spiro atoms. The molecule has 4 aromatic rings. The van der Waals surface area contributed by atoms with Gasteiger partial charge in [-0.25, -0.2) is 0 Å². The van der Waals surface area contributed by atoms with Crippen molar-refractivity contribution in [1.82, 2.24) is 0 Å². The van der Waals surface area contributed by atoms with Gasteiger partial charge in [0.15, 0.2) is 0 Å². The fraction of sp³-hybridized carbons (Fsp3) is 0.294. The number of unbranched alkanes of at least 4 members (excludes halogenated alkanes) is 2. The van der Waals surface area contributed by atoms with Crippen molar-refractivity contribution in [3.05, 3.63) is 107 Å². The Balaban J connectivity index is 0.00000168. The molecule has 0 nitrogen and oxygen atoms in total. The summed E-state index contributed by atoms with van der Waals surface area (Å²) in [5, 5.41) is 0. The maximum absolute atomic E-state index is 3.72. The third-order valence-corrected chi connectivity index (χ3v) is 35.0. The second kappa shape index (κ2) is 11.6. The maximum atomic E-state index is 2.59. The van der Waals surface area contributed by atoms with Crippen LogP contribution in [0.3, 0.4) is 0 Å². The van der Waals surface area contributed by atoms with Crippen molar-refractivity contribution in [2.45, 2.75) is 60.6 Å². The molecule has 198 valence electrons. The smallest absolute Gasteiger partial charge is 0.147 e. The van der Waals surface area contributed by atoms with Crippen LogP contribution in [-0.2, 0) is 30.2 Å². The van der Waals surface area contributed by atoms with E-state index in [1.165, 1.54) is 67.3 Å². The molecule has 0 amide bonds. The number of hydrogen-bond acceptors (Lipinski definition) is 0. The first kappa shape index (κ1) is 29.5. The van der Waals surface area contributed by atoms with Crippen LogP contribution in [0.15, 0.2) is 84.9 Å². The normalized spacial score (nSPS) is 13.0. The van der Waals surface area contributed by atoms with E-state index in [2.05, 4.69) is 106 Å². The summed E-state index contributed by atoms with van der Waals surface area (Å²) in [6, 6.07) is 33.1. The van der Waals surface area contributed by atoms with Crippen molar-refractivity contribution in [1.29, 1.82) is 0 Å². The van der Waals surface area contributed by atoms with E-state index in [-0.39, 0.29) is 24.8 Å². The van der Waals surface area contributed by atoms with E-state index in [0.29, 0.717) is 0 Å². The van der Waals surface area contributed by atoms with Gasteiger partial charge in [-0.1, -0.05) is 0 Å². The summed E-state index contributed by atoms with van der Waals surface area (Å²) in [5.74, 6) is 0. The number of hydrogen-bond donors (Lipinski definition) is 0. The minimum Gasteiger partial charge on any atom is -0.147 e. The average molecular weight is 639 g/mol. The molecular formula is C34H40Cl2SiZr. The molecule has 2 aliphatic rings. The average Bonchev–Trinajstić information content (AvgIpc) is 3.49. The van der Waals surface area contributed by atoms with Gasteiger partial charge in [0.1, 0.15) is 0 Å². The summed E-state index contributed by atoms with van der Waals surface area (Å²) in [6.45, 7) is 7.32. The summed E-state index contributed by atoms with van der Waals surface area (Å²) in [5.41, 5.74) is 12.3. The second-order valence-corrected chi connectivity index (χ2v) is 36.2. The number of rotatable bonds is 8. The van der Waals surface area contributed by atoms with E-state index in [0.717, 1.165) is 12.8 Å². The van der Waals surface area contributed by atoms with Crippen LogP contribution in [0.4, 0.5) is 0 Å². The van der Waals surface area contributed by atoms with Gasteiger partial charge in [-0.2, -0.15) is 0 Å². The molecule has 6 rings (SSSR count). The molecule has 0 unspecified atom stereocenters. The van der Waals surface area contributed by atoms with Gasteiger partial charge < -0.3 is 0 Å². The first-order valence-electron chi connectivity index (χ1n) is 14.0. The van der Waals surface area contributed by atoms with E-state index >= 15 is 0 Å². The van der Waals surface area contributed by atoms with Gasteiger partial charge in [0.25, 0.3) is 0 Å². The first-order valence-corrected chi connectivity index (χ1v) is 25.9. The van der Waals surface area contributed by atoms with Crippen LogP contribution in [-0.4, -0.2) is 6.88 Å². The zero-order valence-corrected chi connectivity index (χ0v) is 28.3. The van der Waals surface area contributed by atoms with Gasteiger partial charge in [-0.3, -0.25) is 0 Å². The Morgan fingerprint density at radius 1 is 0.553 bits per heavy atom. The summed E-state index contributed by atoms with van der Waals surface area (Å²) >= 11 is -3.72. The van der Waals surface area contributed by atoms with Gasteiger partial charge in [0.05, 0.1) is 0 Å². The summed E-state index contributed by atoms with van der Waals surface area (Å²) in [6.07, 6.45) is 7.45. The molecule has 0 bridgehead atoms. The zero-order chi connectivity index (χ0) is 24.8. The number of halogens is 2. The van der Waals surface area contributed by atoms with Crippen molar-refractivity contribution in [2.75, 3.05) is 0 Å². The van der Waals surface area contributed by atoms with Crippen LogP contribution in [0.25, 0.3) is 22.3 Å². The number of benzene rings is 4. The fourth-order valence-electron chi connectivity index (χ4n) is 7.56. The molecule has 0 saturated carbocycles. The Kier molecular flexibility index (Phi) is 9.00. The van der Waals surface area contributed by atoms with Gasteiger partial charge in [0, 0.05) is 0 Å². The molecule has 4 heteroatoms. The van der Waals surface area contributed by atoms with E-state index in [4.69, 9.17) is 0 Å². The molecule has 0 saturated heterocycles. The summed E-state index contributed by atoms with van der Waals surface area (Å²) in [7, 11) is 0. The standard InChI is InChI=1S/2C13H9.2C4H9.2ClH.H2Si.Zr/c2*1-3-7-12-10(5-1)9-11-6-2-4-8-13(11)12;2*1-3-4-2;;;;/h2*1-5,7-8H,9H2;2*1,3-4H2,2H3;2*1H;1H2;. The molecule has 0 atom stereocenters. The third kappa shape index (κ3) is 4.54. The van der Waals surface area contributed by atoms with Crippen LogP contribution >= 0.6 is 24.8 Å². The Morgan fingerprint density at radius 2 is 0.947 bits per heavy atom. The predicted octanol–water partition coefficient (Wildman–Crippen LogP) is 8.30. The minimum absolute atomic E-state index is 0. The Labute approximate surface area is 244 Å². The first-order chi connectivity index (χ1) is 17.6. The molecule has 38 heavy (non-hydrogen) atoms. The topological polar surface area (TPSA) is 0 Å². The fourth-order valence-corrected chi connectivity index (χ4v) is 32.0. The maximum Gasteiger partial charge on any atom is -0.147 e. The van der Waals surface area contributed by atoms with E-state index in [1.54, 1.807) is 17.7 Å². The molecular weight excluding hydrogens is 599 g/mol. The molecule has 0 heterocycles. The van der Waals surface area contributed by atoms with E-state index in [9.17, 15) is 0 Å². The zero-order valence-electron chi connectivity index (χ0n) is 22.8. The SMILES string of the molecule is CCC[CH2][Zr](=[SiH2])([CH2]CCC)([c]1cccc2c1Cc1ccccc1-2)[c]1cccc2c1Cc1ccccc1-2.Cl.Cl. The monoisotopic (exact) mass is 636 g/mol. The van der Waals surface area contributed by atoms with Crippen LogP contribution in [0, 0.1) is 0 Å². The molecule has 0 aliphatic heterocycles. The van der Waals surface area contributed by atoms with Gasteiger partial charge in [-0.15, -0.1) is 24.8 Å². The van der Waals surface area contributed by atoms with Crippen LogP contribution < -0.4 is 6.54 Å². The van der Waals surface area contributed by atoms with Crippen molar-refractivity contribution in [3.8, 4) is 22.3 Å². The van der Waals surface area contributed by atoms with E-state index < -0.39 is 17.4 Å². The molecule has 0 fully saturated rings. The summed E-state index contributed by atoms with van der Waals surface area (Å²) < 4.78 is 6.43. The van der Waals surface area contributed by atoms with Crippen molar-refractivity contribution >= 4 is 38.2 Å². The van der Waals surface area contributed by atoms with Crippen LogP contribution in [0.1, 0.15) is 61.8 Å². The molecule has 0 N–H and O–H groups in total. The molecule has 0 aromatic heterocycles. The van der Waals surface area contributed by atoms with E-state index in [1.807, 2.05) is 0 Å². The number of fused-ring (bicyclic) bond motifs is 6. The Morgan fingerprint density at radius 3 is 1.37 bits per heavy atom. The minimum atomic E-state index is -3.72.